The SMILES string of the molecule is CCN1CCC(n2nccc2NC(=O)C2CC3CCCC(C2)C3N)CC1.Cl.Cl. The summed E-state index contributed by atoms with van der Waals surface area (Å²) >= 11 is 0. The molecule has 2 bridgehead atoms. The van der Waals surface area contributed by atoms with Gasteiger partial charge in [0.1, 0.15) is 5.82 Å². The van der Waals surface area contributed by atoms with Crippen LogP contribution in [0.25, 0.3) is 0 Å². The van der Waals surface area contributed by atoms with Crippen LogP contribution < -0.4 is 11.1 Å². The number of amides is 1. The van der Waals surface area contributed by atoms with Crippen molar-refractivity contribution in [1.29, 1.82) is 0 Å². The molecule has 1 aromatic heterocycles. The van der Waals surface area contributed by atoms with Crippen molar-refractivity contribution >= 4 is 36.5 Å². The van der Waals surface area contributed by atoms with Gasteiger partial charge in [0.15, 0.2) is 0 Å². The quantitative estimate of drug-likeness (QED) is 0.764. The van der Waals surface area contributed by atoms with E-state index in [1.807, 2.05) is 16.9 Å². The summed E-state index contributed by atoms with van der Waals surface area (Å²) < 4.78 is 2.04. The van der Waals surface area contributed by atoms with Crippen LogP contribution in [0.15, 0.2) is 12.3 Å². The minimum absolute atomic E-state index is 0. The van der Waals surface area contributed by atoms with Crippen molar-refractivity contribution in [3.63, 3.8) is 0 Å². The van der Waals surface area contributed by atoms with E-state index in [2.05, 4.69) is 22.2 Å². The fourth-order valence-electron chi connectivity index (χ4n) is 5.42. The highest BCUT2D eigenvalue weighted by molar-refractivity contribution is 5.91. The lowest BCUT2D eigenvalue weighted by molar-refractivity contribution is -0.122. The number of carbonyl (C=O) groups excluding carboxylic acids is 1. The average molecular weight is 432 g/mol. The number of nitrogens with two attached hydrogens (primary N) is 1. The van der Waals surface area contributed by atoms with Crippen LogP contribution in [0.1, 0.15) is 57.9 Å². The molecular weight excluding hydrogens is 397 g/mol. The molecule has 1 aromatic rings. The van der Waals surface area contributed by atoms with Gasteiger partial charge in [-0.05, 0) is 56.9 Å². The molecule has 1 saturated heterocycles. The number of nitrogens with zero attached hydrogens (tertiary/aromatic N) is 3. The van der Waals surface area contributed by atoms with Crippen molar-refractivity contribution < 1.29 is 4.79 Å². The Bertz CT molecular complexity index is 618. The van der Waals surface area contributed by atoms with Gasteiger partial charge in [0, 0.05) is 31.1 Å². The van der Waals surface area contributed by atoms with E-state index < -0.39 is 0 Å². The number of hydrogen-bond donors (Lipinski definition) is 2. The van der Waals surface area contributed by atoms with Crippen LogP contribution in [-0.2, 0) is 4.79 Å². The van der Waals surface area contributed by atoms with Crippen LogP contribution >= 0.6 is 24.8 Å². The molecule has 0 radical (unpaired) electrons. The molecule has 3 aliphatic rings. The predicted octanol–water partition coefficient (Wildman–Crippen LogP) is 3.48. The van der Waals surface area contributed by atoms with Gasteiger partial charge in [0.05, 0.1) is 12.2 Å². The first-order valence-corrected chi connectivity index (χ1v) is 10.5. The van der Waals surface area contributed by atoms with Gasteiger partial charge in [0.25, 0.3) is 0 Å². The number of piperidine rings is 1. The summed E-state index contributed by atoms with van der Waals surface area (Å²) in [7, 11) is 0. The van der Waals surface area contributed by atoms with Gasteiger partial charge in [-0.1, -0.05) is 13.3 Å². The number of hydrogen-bond acceptors (Lipinski definition) is 4. The van der Waals surface area contributed by atoms with Crippen LogP contribution in [0.4, 0.5) is 5.82 Å². The zero-order valence-electron chi connectivity index (χ0n) is 16.8. The average Bonchev–Trinajstić information content (AvgIpc) is 3.09. The number of nitrogens with one attached hydrogen (secondary N) is 1. The molecule has 3 fully saturated rings. The van der Waals surface area contributed by atoms with E-state index >= 15 is 0 Å². The minimum Gasteiger partial charge on any atom is -0.327 e. The van der Waals surface area contributed by atoms with Crippen molar-refractivity contribution in [3.8, 4) is 0 Å². The monoisotopic (exact) mass is 431 g/mol. The van der Waals surface area contributed by atoms with Crippen molar-refractivity contribution in [2.75, 3.05) is 25.0 Å². The Labute approximate surface area is 180 Å². The molecule has 6 nitrogen and oxygen atoms in total. The second-order valence-corrected chi connectivity index (χ2v) is 8.51. The smallest absolute Gasteiger partial charge is 0.228 e. The molecule has 4 rings (SSSR count). The number of likely N-dealkylation sites (tertiary alicyclic amines) is 1. The molecule has 2 heterocycles. The standard InChI is InChI=1S/C20H33N5O.2ClH/c1-2-24-10-7-17(8-11-24)25-18(6-9-22-25)23-20(26)16-12-14-4-3-5-15(13-16)19(14)21;;/h6,9,14-17,19H,2-5,7-8,10-13,21H2,1H3,(H,23,26);2*1H. The fourth-order valence-corrected chi connectivity index (χ4v) is 5.42. The molecule has 8 heteroatoms. The molecule has 0 aromatic carbocycles. The Balaban J connectivity index is 0.00000140. The van der Waals surface area contributed by atoms with Crippen LogP contribution in [0.5, 0.6) is 0 Å². The van der Waals surface area contributed by atoms with Crippen LogP contribution in [0.3, 0.4) is 0 Å². The van der Waals surface area contributed by atoms with Gasteiger partial charge in [-0.15, -0.1) is 24.8 Å². The third kappa shape index (κ3) is 4.84. The van der Waals surface area contributed by atoms with E-state index in [9.17, 15) is 4.79 Å². The summed E-state index contributed by atoms with van der Waals surface area (Å²) in [4.78, 5) is 15.4. The van der Waals surface area contributed by atoms with Crippen molar-refractivity contribution in [2.45, 2.75) is 64.0 Å². The summed E-state index contributed by atoms with van der Waals surface area (Å²) in [5.74, 6) is 2.20. The summed E-state index contributed by atoms with van der Waals surface area (Å²) in [5.41, 5.74) is 6.38. The summed E-state index contributed by atoms with van der Waals surface area (Å²) in [6.07, 6.45) is 9.57. The third-order valence-electron chi connectivity index (χ3n) is 7.06. The highest BCUT2D eigenvalue weighted by Gasteiger charge is 2.40. The minimum atomic E-state index is 0. The van der Waals surface area contributed by atoms with E-state index in [0.717, 1.165) is 51.1 Å². The maximum Gasteiger partial charge on any atom is 0.228 e. The Kier molecular flexibility index (Phi) is 8.61. The van der Waals surface area contributed by atoms with Gasteiger partial charge in [-0.25, -0.2) is 4.68 Å². The normalized spacial score (nSPS) is 30.8. The number of fused-ring (bicyclic) bond motifs is 2. The first kappa shape index (κ1) is 23.5. The Morgan fingerprint density at radius 2 is 1.82 bits per heavy atom. The van der Waals surface area contributed by atoms with Crippen LogP contribution in [0.2, 0.25) is 0 Å². The molecule has 160 valence electrons. The van der Waals surface area contributed by atoms with Crippen molar-refractivity contribution in [2.24, 2.45) is 23.5 Å². The lowest BCUT2D eigenvalue weighted by Gasteiger charge is -2.43. The molecular formula is C20H35Cl2N5O. The highest BCUT2D eigenvalue weighted by Crippen LogP contribution is 2.42. The molecule has 1 amide bonds. The molecule has 3 N–H and O–H groups in total. The number of aromatic nitrogens is 2. The second-order valence-electron chi connectivity index (χ2n) is 8.51. The van der Waals surface area contributed by atoms with E-state index in [1.165, 1.54) is 19.3 Å². The lowest BCUT2D eigenvalue weighted by atomic mass is 9.65. The second kappa shape index (κ2) is 10.3. The topological polar surface area (TPSA) is 76.2 Å². The Morgan fingerprint density at radius 3 is 2.43 bits per heavy atom. The van der Waals surface area contributed by atoms with Gasteiger partial charge in [-0.3, -0.25) is 4.79 Å². The molecule has 2 atom stereocenters. The van der Waals surface area contributed by atoms with Crippen LogP contribution in [-0.4, -0.2) is 46.3 Å². The van der Waals surface area contributed by atoms with E-state index in [1.54, 1.807) is 0 Å². The molecule has 0 spiro atoms. The van der Waals surface area contributed by atoms with E-state index in [0.29, 0.717) is 23.9 Å². The van der Waals surface area contributed by atoms with Crippen molar-refractivity contribution in [3.05, 3.63) is 12.3 Å². The number of carbonyl (C=O) groups is 1. The molecule has 2 aliphatic carbocycles. The van der Waals surface area contributed by atoms with Crippen molar-refractivity contribution in [1.82, 2.24) is 14.7 Å². The Morgan fingerprint density at radius 1 is 1.18 bits per heavy atom. The van der Waals surface area contributed by atoms with Gasteiger partial charge < -0.3 is 16.0 Å². The number of halogens is 2. The lowest BCUT2D eigenvalue weighted by Crippen LogP contribution is -2.48. The van der Waals surface area contributed by atoms with Crippen LogP contribution in [0, 0.1) is 17.8 Å². The third-order valence-corrected chi connectivity index (χ3v) is 7.06. The van der Waals surface area contributed by atoms with Gasteiger partial charge >= 0.3 is 0 Å². The van der Waals surface area contributed by atoms with E-state index in [-0.39, 0.29) is 36.6 Å². The first-order chi connectivity index (χ1) is 12.7. The maximum atomic E-state index is 12.9. The predicted molar refractivity (Wildman–Crippen MR) is 117 cm³/mol. The molecule has 2 unspecified atom stereocenters. The fraction of sp³-hybridized carbons (Fsp3) is 0.800. The molecule has 28 heavy (non-hydrogen) atoms. The number of anilines is 1. The maximum absolute atomic E-state index is 12.9. The Hall–Kier alpha value is -0.820. The summed E-state index contributed by atoms with van der Waals surface area (Å²) in [5, 5.41) is 7.72. The zero-order chi connectivity index (χ0) is 18.1. The largest absolute Gasteiger partial charge is 0.327 e. The number of rotatable bonds is 4. The molecule has 2 saturated carbocycles. The summed E-state index contributed by atoms with van der Waals surface area (Å²) in [6, 6.07) is 2.64. The molecule has 1 aliphatic heterocycles. The zero-order valence-corrected chi connectivity index (χ0v) is 18.4. The summed E-state index contributed by atoms with van der Waals surface area (Å²) in [6.45, 7) is 5.55. The van der Waals surface area contributed by atoms with Gasteiger partial charge in [0.2, 0.25) is 5.91 Å². The van der Waals surface area contributed by atoms with Gasteiger partial charge in [-0.2, -0.15) is 5.10 Å². The highest BCUT2D eigenvalue weighted by atomic mass is 35.5. The first-order valence-electron chi connectivity index (χ1n) is 10.5. The van der Waals surface area contributed by atoms with E-state index in [4.69, 9.17) is 5.73 Å².